The van der Waals surface area contributed by atoms with Gasteiger partial charge in [0.1, 0.15) is 5.75 Å². The first-order valence-corrected chi connectivity index (χ1v) is 14.1. The van der Waals surface area contributed by atoms with E-state index in [0.717, 1.165) is 11.4 Å². The molecule has 3 heterocycles. The SMILES string of the molecule is Cc1cc(C(=O)COc2ccc(S(=O)(=O)N3CCOCC3)cc2)c(C)n1C1CCS(=O)(=O)C1. The molecule has 2 aromatic rings. The maximum Gasteiger partial charge on any atom is 0.243 e. The molecule has 9 nitrogen and oxygen atoms in total. The molecule has 33 heavy (non-hydrogen) atoms. The summed E-state index contributed by atoms with van der Waals surface area (Å²) in [6, 6.07) is 7.62. The van der Waals surface area contributed by atoms with Gasteiger partial charge >= 0.3 is 0 Å². The lowest BCUT2D eigenvalue weighted by Crippen LogP contribution is -2.40. The Labute approximate surface area is 194 Å². The van der Waals surface area contributed by atoms with Crippen LogP contribution in [0.5, 0.6) is 5.75 Å². The Kier molecular flexibility index (Phi) is 6.68. The highest BCUT2D eigenvalue weighted by Crippen LogP contribution is 2.29. The maximum absolute atomic E-state index is 12.8. The van der Waals surface area contributed by atoms with Gasteiger partial charge in [-0.3, -0.25) is 4.79 Å². The molecule has 0 aliphatic carbocycles. The van der Waals surface area contributed by atoms with Crippen molar-refractivity contribution in [3.8, 4) is 5.75 Å². The molecule has 0 amide bonds. The Balaban J connectivity index is 1.42. The lowest BCUT2D eigenvalue weighted by molar-refractivity contribution is 0.0730. The van der Waals surface area contributed by atoms with E-state index in [2.05, 4.69) is 0 Å². The van der Waals surface area contributed by atoms with Crippen LogP contribution in [0.15, 0.2) is 35.2 Å². The minimum atomic E-state index is -3.59. The third kappa shape index (κ3) is 5.01. The van der Waals surface area contributed by atoms with Gasteiger partial charge in [-0.2, -0.15) is 4.31 Å². The fraction of sp³-hybridized carbons (Fsp3) is 0.500. The number of aryl methyl sites for hydroxylation is 1. The summed E-state index contributed by atoms with van der Waals surface area (Å²) >= 11 is 0. The molecule has 1 aromatic carbocycles. The van der Waals surface area contributed by atoms with Gasteiger partial charge in [0.25, 0.3) is 0 Å². The van der Waals surface area contributed by atoms with Crippen molar-refractivity contribution in [3.63, 3.8) is 0 Å². The first kappa shape index (κ1) is 23.9. The lowest BCUT2D eigenvalue weighted by Gasteiger charge is -2.26. The highest BCUT2D eigenvalue weighted by molar-refractivity contribution is 7.91. The highest BCUT2D eigenvalue weighted by atomic mass is 32.2. The van der Waals surface area contributed by atoms with E-state index in [1.165, 1.54) is 28.6 Å². The van der Waals surface area contributed by atoms with E-state index in [4.69, 9.17) is 9.47 Å². The van der Waals surface area contributed by atoms with Crippen LogP contribution in [0.2, 0.25) is 0 Å². The predicted molar refractivity (Wildman–Crippen MR) is 122 cm³/mol. The average molecular weight is 497 g/mol. The summed E-state index contributed by atoms with van der Waals surface area (Å²) in [4.78, 5) is 13.0. The summed E-state index contributed by atoms with van der Waals surface area (Å²) in [6.45, 7) is 4.86. The van der Waals surface area contributed by atoms with E-state index in [1.807, 2.05) is 18.4 Å². The van der Waals surface area contributed by atoms with Crippen LogP contribution in [-0.2, 0) is 24.6 Å². The largest absolute Gasteiger partial charge is 0.485 e. The van der Waals surface area contributed by atoms with E-state index in [9.17, 15) is 21.6 Å². The maximum atomic E-state index is 12.8. The van der Waals surface area contributed by atoms with E-state index in [0.29, 0.717) is 44.0 Å². The molecule has 2 fully saturated rings. The Bertz CT molecular complexity index is 1240. The van der Waals surface area contributed by atoms with Gasteiger partial charge in [0.15, 0.2) is 16.4 Å². The van der Waals surface area contributed by atoms with Crippen molar-refractivity contribution in [2.45, 2.75) is 31.2 Å². The van der Waals surface area contributed by atoms with Crippen LogP contribution in [0.1, 0.15) is 34.2 Å². The average Bonchev–Trinajstić information content (AvgIpc) is 3.30. The molecule has 2 aliphatic rings. The molecule has 1 unspecified atom stereocenters. The van der Waals surface area contributed by atoms with E-state index in [1.54, 1.807) is 6.07 Å². The van der Waals surface area contributed by atoms with Crippen LogP contribution in [0.4, 0.5) is 0 Å². The molecular formula is C22H28N2O7S2. The van der Waals surface area contributed by atoms with E-state index < -0.39 is 19.9 Å². The van der Waals surface area contributed by atoms with Gasteiger partial charge in [-0.1, -0.05) is 0 Å². The smallest absolute Gasteiger partial charge is 0.243 e. The van der Waals surface area contributed by atoms with Crippen molar-refractivity contribution in [1.82, 2.24) is 8.87 Å². The third-order valence-electron chi connectivity index (χ3n) is 6.16. The minimum absolute atomic E-state index is 0.0905. The molecule has 1 atom stereocenters. The van der Waals surface area contributed by atoms with Crippen LogP contribution in [-0.4, -0.2) is 75.9 Å². The summed E-state index contributed by atoms with van der Waals surface area (Å²) in [5.41, 5.74) is 2.08. The number of hydrogen-bond acceptors (Lipinski definition) is 7. The number of carbonyl (C=O) groups is 1. The molecule has 0 bridgehead atoms. The zero-order valence-electron chi connectivity index (χ0n) is 18.7. The number of benzene rings is 1. The molecule has 2 saturated heterocycles. The van der Waals surface area contributed by atoms with Gasteiger partial charge in [-0.15, -0.1) is 0 Å². The second-order valence-corrected chi connectivity index (χ2v) is 12.6. The van der Waals surface area contributed by atoms with Crippen LogP contribution >= 0.6 is 0 Å². The number of hydrogen-bond donors (Lipinski definition) is 0. The molecule has 11 heteroatoms. The summed E-state index contributed by atoms with van der Waals surface area (Å²) in [7, 11) is -6.63. The molecular weight excluding hydrogens is 468 g/mol. The van der Waals surface area contributed by atoms with Crippen LogP contribution in [0, 0.1) is 13.8 Å². The molecule has 1 aromatic heterocycles. The van der Waals surface area contributed by atoms with Crippen LogP contribution in [0.25, 0.3) is 0 Å². The molecule has 0 saturated carbocycles. The van der Waals surface area contributed by atoms with Crippen molar-refractivity contribution in [2.75, 3.05) is 44.4 Å². The van der Waals surface area contributed by atoms with Crippen LogP contribution < -0.4 is 4.74 Å². The molecule has 0 N–H and O–H groups in total. The fourth-order valence-corrected chi connectivity index (χ4v) is 7.58. The standard InChI is InChI=1S/C22H28N2O7S2/c1-16-13-21(17(2)24(16)18-7-12-32(26,27)15-18)22(25)14-31-19-3-5-20(6-4-19)33(28,29)23-8-10-30-11-9-23/h3-6,13,18H,7-12,14-15H2,1-2H3. The van der Waals surface area contributed by atoms with Gasteiger partial charge < -0.3 is 14.0 Å². The van der Waals surface area contributed by atoms with Gasteiger partial charge in [-0.25, -0.2) is 16.8 Å². The number of sulfonamides is 1. The van der Waals surface area contributed by atoms with Gasteiger partial charge in [-0.05, 0) is 50.6 Å². The molecule has 4 rings (SSSR count). The van der Waals surface area contributed by atoms with Crippen LogP contribution in [0.3, 0.4) is 0 Å². The first-order valence-electron chi connectivity index (χ1n) is 10.8. The minimum Gasteiger partial charge on any atom is -0.485 e. The van der Waals surface area contributed by atoms with Crippen molar-refractivity contribution >= 4 is 25.6 Å². The molecule has 0 spiro atoms. The number of carbonyl (C=O) groups excluding carboxylic acids is 1. The normalized spacial score (nSPS) is 21.2. The topological polar surface area (TPSA) is 112 Å². The number of rotatable bonds is 7. The third-order valence-corrected chi connectivity index (χ3v) is 9.82. The quantitative estimate of drug-likeness (QED) is 0.537. The Morgan fingerprint density at radius 3 is 2.42 bits per heavy atom. The monoisotopic (exact) mass is 496 g/mol. The van der Waals surface area contributed by atoms with Gasteiger partial charge in [0.2, 0.25) is 15.8 Å². The summed E-state index contributed by atoms with van der Waals surface area (Å²) < 4.78 is 63.3. The highest BCUT2D eigenvalue weighted by Gasteiger charge is 2.32. The fourth-order valence-electron chi connectivity index (χ4n) is 4.47. The Morgan fingerprint density at radius 1 is 1.15 bits per heavy atom. The number of morpholine rings is 1. The van der Waals surface area contributed by atoms with E-state index in [-0.39, 0.29) is 34.8 Å². The van der Waals surface area contributed by atoms with Gasteiger partial charge in [0.05, 0.1) is 29.6 Å². The summed E-state index contributed by atoms with van der Waals surface area (Å²) in [5, 5.41) is 0. The number of ketones is 1. The number of sulfone groups is 1. The van der Waals surface area contributed by atoms with Crippen molar-refractivity contribution in [3.05, 3.63) is 47.3 Å². The lowest BCUT2D eigenvalue weighted by atomic mass is 10.1. The number of nitrogens with zero attached hydrogens (tertiary/aromatic N) is 2. The van der Waals surface area contributed by atoms with Gasteiger partial charge in [0, 0.05) is 36.1 Å². The second-order valence-electron chi connectivity index (χ2n) is 8.41. The number of aromatic nitrogens is 1. The summed E-state index contributed by atoms with van der Waals surface area (Å²) in [5.74, 6) is 0.422. The van der Waals surface area contributed by atoms with Crippen molar-refractivity contribution in [1.29, 1.82) is 0 Å². The number of ether oxygens (including phenoxy) is 2. The van der Waals surface area contributed by atoms with Crippen molar-refractivity contribution in [2.24, 2.45) is 0 Å². The van der Waals surface area contributed by atoms with E-state index >= 15 is 0 Å². The summed E-state index contributed by atoms with van der Waals surface area (Å²) in [6.07, 6.45) is 0.544. The zero-order valence-corrected chi connectivity index (χ0v) is 20.3. The predicted octanol–water partition coefficient (Wildman–Crippen LogP) is 1.75. The number of Topliss-reactive ketones (excluding diaryl/α,β-unsaturated/α-hetero) is 1. The molecule has 0 radical (unpaired) electrons. The molecule has 2 aliphatic heterocycles. The zero-order chi connectivity index (χ0) is 23.8. The van der Waals surface area contributed by atoms with Crippen molar-refractivity contribution < 1.29 is 31.1 Å². The second kappa shape index (κ2) is 9.21. The Morgan fingerprint density at radius 2 is 1.82 bits per heavy atom. The first-order chi connectivity index (χ1) is 15.6. The Hall–Kier alpha value is -2.21. The molecule has 180 valence electrons.